The van der Waals surface area contributed by atoms with Crippen LogP contribution in [-0.2, 0) is 14.3 Å². The van der Waals surface area contributed by atoms with E-state index in [1.807, 2.05) is 92.7 Å². The molecule has 196 valence electrons. The summed E-state index contributed by atoms with van der Waals surface area (Å²) in [5.74, 6) is -0.279. The molecule has 2 aliphatic heterocycles. The van der Waals surface area contributed by atoms with Crippen LogP contribution in [0.1, 0.15) is 54.9 Å². The van der Waals surface area contributed by atoms with Gasteiger partial charge in [0.1, 0.15) is 0 Å². The second-order valence-electron chi connectivity index (χ2n) is 8.62. The van der Waals surface area contributed by atoms with E-state index < -0.39 is 12.1 Å². The number of aliphatic imine (C=N–C) groups is 2. The molecule has 5 rings (SSSR count). The van der Waals surface area contributed by atoms with Gasteiger partial charge in [-0.15, -0.1) is 0 Å². The molecular formula is C30H33N5O3. The Morgan fingerprint density at radius 3 is 2.42 bits per heavy atom. The Morgan fingerprint density at radius 2 is 1.66 bits per heavy atom. The lowest BCUT2D eigenvalue weighted by Gasteiger charge is -2.24. The molecule has 2 heterocycles. The van der Waals surface area contributed by atoms with E-state index in [0.29, 0.717) is 30.2 Å². The summed E-state index contributed by atoms with van der Waals surface area (Å²) in [6.45, 7) is 5.38. The maximum Gasteiger partial charge on any atom is 0.291 e. The highest BCUT2D eigenvalue weighted by atomic mass is 16.5. The van der Waals surface area contributed by atoms with E-state index in [1.165, 1.54) is 0 Å². The van der Waals surface area contributed by atoms with Gasteiger partial charge in [-0.2, -0.15) is 4.99 Å². The molecule has 0 bridgehead atoms. The second kappa shape index (κ2) is 12.8. The maximum atomic E-state index is 13.0. The third kappa shape index (κ3) is 6.15. The fraction of sp³-hybridized carbons (Fsp3) is 0.267. The number of para-hydroxylation sites is 1. The molecule has 8 nitrogen and oxygen atoms in total. The van der Waals surface area contributed by atoms with Crippen LogP contribution in [0, 0.1) is 5.41 Å². The number of nitrogens with zero attached hydrogens (tertiary/aromatic N) is 2. The van der Waals surface area contributed by atoms with Gasteiger partial charge in [-0.05, 0) is 36.5 Å². The molecule has 3 aromatic rings. The van der Waals surface area contributed by atoms with Crippen LogP contribution in [-0.4, -0.2) is 42.9 Å². The molecule has 1 atom stereocenters. The molecule has 38 heavy (non-hydrogen) atoms. The lowest BCUT2D eigenvalue weighted by Crippen LogP contribution is -2.29. The van der Waals surface area contributed by atoms with Crippen molar-refractivity contribution in [2.45, 2.75) is 38.8 Å². The molecule has 4 N–H and O–H groups in total. The largest absolute Gasteiger partial charge is 0.407 e. The number of hydrogen-bond acceptors (Lipinski definition) is 6. The number of amidine groups is 1. The molecule has 1 unspecified atom stereocenters. The molecule has 1 amide bonds. The monoisotopic (exact) mass is 511 g/mol. The molecule has 3 aromatic carbocycles. The van der Waals surface area contributed by atoms with E-state index in [1.54, 1.807) is 0 Å². The number of carbonyl (C=O) groups is 1. The summed E-state index contributed by atoms with van der Waals surface area (Å²) < 4.78 is 11.1. The van der Waals surface area contributed by atoms with E-state index >= 15 is 0 Å². The number of benzodiazepines with no additional fused rings is 1. The minimum atomic E-state index is -1.17. The van der Waals surface area contributed by atoms with E-state index in [2.05, 4.69) is 15.3 Å². The molecule has 1 fully saturated rings. The van der Waals surface area contributed by atoms with Gasteiger partial charge in [0.15, 0.2) is 0 Å². The van der Waals surface area contributed by atoms with Crippen molar-refractivity contribution in [3.63, 3.8) is 0 Å². The zero-order valence-corrected chi connectivity index (χ0v) is 21.7. The summed E-state index contributed by atoms with van der Waals surface area (Å²) in [5, 5.41) is 11.4. The van der Waals surface area contributed by atoms with Gasteiger partial charge < -0.3 is 20.5 Å². The maximum absolute atomic E-state index is 13.0. The first kappa shape index (κ1) is 26.8. The van der Waals surface area contributed by atoms with Crippen LogP contribution in [0.3, 0.4) is 0 Å². The molecule has 0 radical (unpaired) electrons. The summed E-state index contributed by atoms with van der Waals surface area (Å²) in [6.07, 6.45) is 0.590. The van der Waals surface area contributed by atoms with Crippen molar-refractivity contribution in [2.75, 3.05) is 18.5 Å². The van der Waals surface area contributed by atoms with Gasteiger partial charge in [-0.1, -0.05) is 80.6 Å². The van der Waals surface area contributed by atoms with Crippen LogP contribution in [0.5, 0.6) is 0 Å². The van der Waals surface area contributed by atoms with Crippen molar-refractivity contribution in [2.24, 2.45) is 15.7 Å². The van der Waals surface area contributed by atoms with Gasteiger partial charge in [0.25, 0.3) is 11.9 Å². The first-order valence-corrected chi connectivity index (χ1v) is 12.9. The standard InChI is InChI=1S/C28H27N5O3.C2H6/c29-25(21-11-5-4-10-20(21)18-14-16-35-17-15-18)36-28(30)33-26-27(34)31-23-13-7-6-12-22(23)24(32-26)19-8-2-1-3-9-19;1-2/h1-13,18,26,29H,14-17H2,(H2,30,33)(H,31,34);1-2H3. The van der Waals surface area contributed by atoms with E-state index in [4.69, 9.17) is 20.6 Å². The SMILES string of the molecule is CC.N=C(O/C(N)=N/C1N=C(c2ccccc2)c2ccccc2NC1=O)c1ccccc1C1CCOCC1. The minimum Gasteiger partial charge on any atom is -0.407 e. The number of nitrogens with two attached hydrogens (primary N) is 1. The zero-order valence-electron chi connectivity index (χ0n) is 21.7. The third-order valence-electron chi connectivity index (χ3n) is 6.30. The van der Waals surface area contributed by atoms with Crippen molar-refractivity contribution in [3.8, 4) is 0 Å². The van der Waals surface area contributed by atoms with Gasteiger partial charge in [-0.25, -0.2) is 4.99 Å². The number of nitrogens with one attached hydrogen (secondary N) is 2. The highest BCUT2D eigenvalue weighted by Gasteiger charge is 2.26. The van der Waals surface area contributed by atoms with Crippen molar-refractivity contribution in [3.05, 3.63) is 101 Å². The predicted molar refractivity (Wildman–Crippen MR) is 151 cm³/mol. The quantitative estimate of drug-likeness (QED) is 0.334. The molecule has 2 aliphatic rings. The van der Waals surface area contributed by atoms with Crippen LogP contribution in [0.4, 0.5) is 5.69 Å². The summed E-state index contributed by atoms with van der Waals surface area (Å²) in [6, 6.07) is 24.4. The van der Waals surface area contributed by atoms with Crippen LogP contribution < -0.4 is 11.1 Å². The lowest BCUT2D eigenvalue weighted by molar-refractivity contribution is -0.117. The van der Waals surface area contributed by atoms with Gasteiger partial charge >= 0.3 is 0 Å². The molecule has 0 saturated carbocycles. The van der Waals surface area contributed by atoms with Crippen molar-refractivity contribution in [1.82, 2.24) is 0 Å². The Morgan fingerprint density at radius 1 is 1.00 bits per heavy atom. The first-order valence-electron chi connectivity index (χ1n) is 12.9. The predicted octanol–water partition coefficient (Wildman–Crippen LogP) is 5.08. The van der Waals surface area contributed by atoms with Crippen molar-refractivity contribution in [1.29, 1.82) is 5.41 Å². The molecule has 1 saturated heterocycles. The average molecular weight is 512 g/mol. The topological polar surface area (TPSA) is 122 Å². The fourth-order valence-electron chi connectivity index (χ4n) is 4.53. The average Bonchev–Trinajstić information content (AvgIpc) is 3.11. The number of carbonyl (C=O) groups excluding carboxylic acids is 1. The van der Waals surface area contributed by atoms with E-state index in [0.717, 1.165) is 29.5 Å². The Labute approximate surface area is 223 Å². The first-order chi connectivity index (χ1) is 18.6. The number of benzene rings is 3. The Kier molecular flexibility index (Phi) is 9.00. The summed E-state index contributed by atoms with van der Waals surface area (Å²) in [7, 11) is 0. The molecule has 8 heteroatoms. The highest BCUT2D eigenvalue weighted by molar-refractivity contribution is 6.19. The van der Waals surface area contributed by atoms with Crippen LogP contribution in [0.2, 0.25) is 0 Å². The summed E-state index contributed by atoms with van der Waals surface area (Å²) in [4.78, 5) is 21.9. The van der Waals surface area contributed by atoms with Gasteiger partial charge in [0, 0.05) is 29.9 Å². The number of fused-ring (bicyclic) bond motifs is 1. The zero-order chi connectivity index (χ0) is 26.9. The third-order valence-corrected chi connectivity index (χ3v) is 6.30. The minimum absolute atomic E-state index is 0.122. The number of hydrogen-bond donors (Lipinski definition) is 3. The summed E-state index contributed by atoms with van der Waals surface area (Å²) >= 11 is 0. The van der Waals surface area contributed by atoms with Gasteiger partial charge in [0.05, 0.1) is 11.4 Å². The smallest absolute Gasteiger partial charge is 0.291 e. The normalized spacial score (nSPS) is 17.6. The Bertz CT molecular complexity index is 1330. The number of ether oxygens (including phenoxy) is 2. The van der Waals surface area contributed by atoms with Crippen LogP contribution >= 0.6 is 0 Å². The highest BCUT2D eigenvalue weighted by Crippen LogP contribution is 2.30. The summed E-state index contributed by atoms with van der Waals surface area (Å²) in [5.41, 5.74) is 10.6. The molecular weight excluding hydrogens is 478 g/mol. The number of amides is 1. The van der Waals surface area contributed by atoms with Crippen LogP contribution in [0.15, 0.2) is 88.8 Å². The molecule has 0 spiro atoms. The number of rotatable bonds is 4. The van der Waals surface area contributed by atoms with Gasteiger partial charge in [0.2, 0.25) is 12.1 Å². The fourth-order valence-corrected chi connectivity index (χ4v) is 4.53. The van der Waals surface area contributed by atoms with Crippen molar-refractivity contribution >= 4 is 29.2 Å². The van der Waals surface area contributed by atoms with Crippen LogP contribution in [0.25, 0.3) is 0 Å². The van der Waals surface area contributed by atoms with Crippen molar-refractivity contribution < 1.29 is 14.3 Å². The lowest BCUT2D eigenvalue weighted by atomic mass is 9.88. The van der Waals surface area contributed by atoms with E-state index in [-0.39, 0.29) is 17.8 Å². The van der Waals surface area contributed by atoms with Gasteiger partial charge in [-0.3, -0.25) is 10.2 Å². The van der Waals surface area contributed by atoms with E-state index in [9.17, 15) is 4.79 Å². The second-order valence-corrected chi connectivity index (χ2v) is 8.62. The Hall–Kier alpha value is -4.30. The molecule has 0 aliphatic carbocycles. The molecule has 0 aromatic heterocycles. The number of anilines is 1. The Balaban J connectivity index is 0.00000164.